The van der Waals surface area contributed by atoms with Crippen molar-refractivity contribution < 1.29 is 4.39 Å². The number of nitrogens with zero attached hydrogens (tertiary/aromatic N) is 1. The van der Waals surface area contributed by atoms with E-state index in [0.29, 0.717) is 11.6 Å². The van der Waals surface area contributed by atoms with Crippen LogP contribution in [-0.2, 0) is 13.0 Å². The Morgan fingerprint density at radius 2 is 2.21 bits per heavy atom. The van der Waals surface area contributed by atoms with Gasteiger partial charge in [0.05, 0.1) is 0 Å². The molecule has 0 aliphatic heterocycles. The van der Waals surface area contributed by atoms with Gasteiger partial charge in [-0.05, 0) is 54.2 Å². The molecule has 4 heteroatoms. The summed E-state index contributed by atoms with van der Waals surface area (Å²) in [4.78, 5) is 0. The summed E-state index contributed by atoms with van der Waals surface area (Å²) in [5.41, 5.74) is 9.43. The Morgan fingerprint density at radius 3 is 3.00 bits per heavy atom. The van der Waals surface area contributed by atoms with Gasteiger partial charge in [0, 0.05) is 30.0 Å². The van der Waals surface area contributed by atoms with Crippen LogP contribution in [0.4, 0.5) is 4.39 Å². The van der Waals surface area contributed by atoms with Crippen LogP contribution in [0.5, 0.6) is 0 Å². The van der Waals surface area contributed by atoms with Crippen LogP contribution in [-0.4, -0.2) is 4.57 Å². The molecule has 0 fully saturated rings. The molecule has 0 saturated heterocycles. The smallest absolute Gasteiger partial charge is 0.123 e. The zero-order valence-corrected chi connectivity index (χ0v) is 11.3. The number of benzene rings is 1. The second kappa shape index (κ2) is 4.99. The molecule has 2 N–H and O–H groups in total. The zero-order chi connectivity index (χ0) is 13.4. The molecular weight excluding hydrogens is 263 g/mol. The summed E-state index contributed by atoms with van der Waals surface area (Å²) < 4.78 is 15.3. The minimum Gasteiger partial charge on any atom is -0.349 e. The molecule has 0 saturated carbocycles. The Kier molecular flexibility index (Phi) is 3.33. The predicted molar refractivity (Wildman–Crippen MR) is 74.8 cm³/mol. The van der Waals surface area contributed by atoms with Gasteiger partial charge in [0.1, 0.15) is 5.82 Å². The van der Waals surface area contributed by atoms with E-state index in [9.17, 15) is 4.39 Å². The lowest BCUT2D eigenvalue weighted by Crippen LogP contribution is -2.15. The van der Waals surface area contributed by atoms with Crippen molar-refractivity contribution in [2.24, 2.45) is 5.73 Å². The highest BCUT2D eigenvalue weighted by Gasteiger charge is 2.18. The molecule has 19 heavy (non-hydrogen) atoms. The molecule has 100 valence electrons. The van der Waals surface area contributed by atoms with Crippen molar-refractivity contribution in [2.45, 2.75) is 31.8 Å². The van der Waals surface area contributed by atoms with Crippen LogP contribution in [0.1, 0.15) is 35.6 Å². The Bertz CT molecular complexity index is 606. The van der Waals surface area contributed by atoms with Crippen LogP contribution in [0.15, 0.2) is 30.6 Å². The molecule has 0 bridgehead atoms. The molecule has 2 nitrogen and oxygen atoms in total. The van der Waals surface area contributed by atoms with Gasteiger partial charge in [0.25, 0.3) is 0 Å². The van der Waals surface area contributed by atoms with E-state index in [-0.39, 0.29) is 11.9 Å². The molecule has 1 aromatic heterocycles. The summed E-state index contributed by atoms with van der Waals surface area (Å²) in [5.74, 6) is -0.256. The Balaban J connectivity index is 1.89. The van der Waals surface area contributed by atoms with Gasteiger partial charge in [-0.2, -0.15) is 0 Å². The third-order valence-electron chi connectivity index (χ3n) is 3.72. The minimum atomic E-state index is -0.256. The molecular formula is C15H16ClFN2. The number of fused-ring (bicyclic) bond motifs is 1. The van der Waals surface area contributed by atoms with Gasteiger partial charge in [0.2, 0.25) is 0 Å². The lowest BCUT2D eigenvalue weighted by Gasteiger charge is -2.17. The largest absolute Gasteiger partial charge is 0.349 e. The predicted octanol–water partition coefficient (Wildman–Crippen LogP) is 3.67. The van der Waals surface area contributed by atoms with E-state index >= 15 is 0 Å². The first-order valence-corrected chi connectivity index (χ1v) is 6.89. The Labute approximate surface area is 117 Å². The first-order chi connectivity index (χ1) is 9.13. The van der Waals surface area contributed by atoms with Crippen LogP contribution < -0.4 is 5.73 Å². The molecule has 0 spiro atoms. The van der Waals surface area contributed by atoms with E-state index < -0.39 is 0 Å². The van der Waals surface area contributed by atoms with Crippen molar-refractivity contribution in [3.8, 4) is 0 Å². The molecule has 1 aliphatic carbocycles. The second-order valence-electron chi connectivity index (χ2n) is 5.15. The maximum Gasteiger partial charge on any atom is 0.123 e. The average Bonchev–Trinajstić information content (AvgIpc) is 2.78. The second-order valence-corrected chi connectivity index (χ2v) is 5.55. The molecule has 2 aromatic rings. The monoisotopic (exact) mass is 278 g/mol. The van der Waals surface area contributed by atoms with E-state index in [2.05, 4.69) is 17.0 Å². The molecule has 0 radical (unpaired) electrons. The van der Waals surface area contributed by atoms with Gasteiger partial charge in [-0.1, -0.05) is 11.6 Å². The fourth-order valence-electron chi connectivity index (χ4n) is 2.74. The average molecular weight is 279 g/mol. The number of rotatable bonds is 2. The molecule has 1 aliphatic rings. The van der Waals surface area contributed by atoms with Crippen molar-refractivity contribution in [2.75, 3.05) is 0 Å². The maximum atomic E-state index is 13.3. The van der Waals surface area contributed by atoms with Gasteiger partial charge >= 0.3 is 0 Å². The van der Waals surface area contributed by atoms with Crippen molar-refractivity contribution >= 4 is 11.6 Å². The number of hydrogen-bond donors (Lipinski definition) is 1. The normalized spacial score (nSPS) is 18.4. The topological polar surface area (TPSA) is 30.9 Å². The minimum absolute atomic E-state index is 0.132. The van der Waals surface area contributed by atoms with E-state index in [1.165, 1.54) is 23.3 Å². The van der Waals surface area contributed by atoms with Crippen LogP contribution in [0.25, 0.3) is 0 Å². The molecule has 1 aromatic carbocycles. The van der Waals surface area contributed by atoms with Gasteiger partial charge in [-0.3, -0.25) is 0 Å². The van der Waals surface area contributed by atoms with Crippen LogP contribution in [0.3, 0.4) is 0 Å². The zero-order valence-electron chi connectivity index (χ0n) is 10.6. The summed E-state index contributed by atoms with van der Waals surface area (Å²) in [6.45, 7) is 0.580. The van der Waals surface area contributed by atoms with Gasteiger partial charge in [-0.15, -0.1) is 0 Å². The fourth-order valence-corrected chi connectivity index (χ4v) is 2.91. The van der Waals surface area contributed by atoms with Crippen molar-refractivity contribution in [1.82, 2.24) is 4.57 Å². The molecule has 0 amide bonds. The number of aromatic nitrogens is 1. The summed E-state index contributed by atoms with van der Waals surface area (Å²) >= 11 is 6.10. The molecule has 1 atom stereocenters. The fraction of sp³-hybridized carbons (Fsp3) is 0.333. The molecule has 3 rings (SSSR count). The lowest BCUT2D eigenvalue weighted by atomic mass is 9.92. The molecule has 1 heterocycles. The third-order valence-corrected chi connectivity index (χ3v) is 4.09. The van der Waals surface area contributed by atoms with E-state index in [0.717, 1.165) is 24.8 Å². The van der Waals surface area contributed by atoms with Crippen molar-refractivity contribution in [3.63, 3.8) is 0 Å². The van der Waals surface area contributed by atoms with Crippen molar-refractivity contribution in [1.29, 1.82) is 0 Å². The lowest BCUT2D eigenvalue weighted by molar-refractivity contribution is 0.573. The number of nitrogens with two attached hydrogens (primary N) is 1. The maximum absolute atomic E-state index is 13.3. The van der Waals surface area contributed by atoms with Gasteiger partial charge in [-0.25, -0.2) is 4.39 Å². The highest BCUT2D eigenvalue weighted by molar-refractivity contribution is 6.31. The van der Waals surface area contributed by atoms with Crippen LogP contribution >= 0.6 is 11.6 Å². The quantitative estimate of drug-likeness (QED) is 0.893. The number of hydrogen-bond acceptors (Lipinski definition) is 1. The highest BCUT2D eigenvalue weighted by atomic mass is 35.5. The van der Waals surface area contributed by atoms with E-state index in [4.69, 9.17) is 17.3 Å². The summed E-state index contributed by atoms with van der Waals surface area (Å²) in [5, 5.41) is 0.595. The van der Waals surface area contributed by atoms with Gasteiger partial charge in [0.15, 0.2) is 0 Å². The first-order valence-electron chi connectivity index (χ1n) is 6.51. The summed E-state index contributed by atoms with van der Waals surface area (Å²) in [6.07, 6.45) is 7.43. The van der Waals surface area contributed by atoms with E-state index in [1.54, 1.807) is 6.07 Å². The number of halogens is 2. The Morgan fingerprint density at radius 1 is 1.37 bits per heavy atom. The standard InChI is InChI=1S/C15H16ClFN2/c16-14-5-4-12(17)6-11(14)8-19-7-10-2-1-3-15(18)13(10)9-19/h4-7,9,15H,1-3,8,18H2. The third kappa shape index (κ3) is 2.53. The first kappa shape index (κ1) is 12.7. The summed E-state index contributed by atoms with van der Waals surface area (Å²) in [7, 11) is 0. The van der Waals surface area contributed by atoms with Crippen LogP contribution in [0, 0.1) is 5.82 Å². The SMILES string of the molecule is NC1CCCc2cn(Cc3cc(F)ccc3Cl)cc21. The van der Waals surface area contributed by atoms with Crippen LogP contribution in [0.2, 0.25) is 5.02 Å². The van der Waals surface area contributed by atoms with Gasteiger partial charge < -0.3 is 10.3 Å². The Hall–Kier alpha value is -1.32. The highest BCUT2D eigenvalue weighted by Crippen LogP contribution is 2.29. The number of aryl methyl sites for hydroxylation is 1. The summed E-state index contributed by atoms with van der Waals surface area (Å²) in [6, 6.07) is 4.60. The molecule has 1 unspecified atom stereocenters. The van der Waals surface area contributed by atoms with Crippen molar-refractivity contribution in [3.05, 3.63) is 58.1 Å². The van der Waals surface area contributed by atoms with E-state index in [1.807, 2.05) is 0 Å².